The topological polar surface area (TPSA) is 77.0 Å². The highest BCUT2D eigenvalue weighted by atomic mass is 79.9. The molecule has 0 radical (unpaired) electrons. The zero-order chi connectivity index (χ0) is 23.1. The Morgan fingerprint density at radius 2 is 1.84 bits per heavy atom. The van der Waals surface area contributed by atoms with E-state index in [0.29, 0.717) is 26.4 Å². The SMILES string of the molecule is Cc1cccc(C(=O)Oc2c(Br)cc(Br)cc2C=NNC(=O)COc2ccc(Cl)cc2)c1. The molecule has 6 nitrogen and oxygen atoms in total. The number of rotatable bonds is 7. The van der Waals surface area contributed by atoms with E-state index in [1.54, 1.807) is 54.6 Å². The number of halogens is 3. The number of nitrogens with one attached hydrogen (secondary N) is 1. The Bertz CT molecular complexity index is 1170. The zero-order valence-electron chi connectivity index (χ0n) is 16.8. The van der Waals surface area contributed by atoms with Gasteiger partial charge in [-0.1, -0.05) is 45.2 Å². The Morgan fingerprint density at radius 1 is 1.09 bits per heavy atom. The Kier molecular flexibility index (Phi) is 8.44. The summed E-state index contributed by atoms with van der Waals surface area (Å²) in [5.74, 6) is -0.180. The van der Waals surface area contributed by atoms with Crippen LogP contribution in [0.2, 0.25) is 5.02 Å². The summed E-state index contributed by atoms with van der Waals surface area (Å²) in [6.07, 6.45) is 1.38. The van der Waals surface area contributed by atoms with E-state index >= 15 is 0 Å². The van der Waals surface area contributed by atoms with E-state index in [0.717, 1.165) is 10.0 Å². The average Bonchev–Trinajstić information content (AvgIpc) is 2.75. The minimum atomic E-state index is -0.508. The summed E-state index contributed by atoms with van der Waals surface area (Å²) >= 11 is 12.6. The Labute approximate surface area is 206 Å². The summed E-state index contributed by atoms with van der Waals surface area (Å²) in [6, 6.07) is 17.2. The monoisotopic (exact) mass is 578 g/mol. The highest BCUT2D eigenvalue weighted by Gasteiger charge is 2.15. The second kappa shape index (κ2) is 11.3. The summed E-state index contributed by atoms with van der Waals surface area (Å²) in [5.41, 5.74) is 4.23. The minimum Gasteiger partial charge on any atom is -0.484 e. The van der Waals surface area contributed by atoms with E-state index in [1.807, 2.05) is 13.0 Å². The Hall–Kier alpha value is -2.68. The van der Waals surface area contributed by atoms with Gasteiger partial charge in [0.25, 0.3) is 5.91 Å². The van der Waals surface area contributed by atoms with Crippen LogP contribution in [0.4, 0.5) is 0 Å². The quantitative estimate of drug-likeness (QED) is 0.163. The molecule has 0 saturated heterocycles. The van der Waals surface area contributed by atoms with Crippen molar-refractivity contribution in [2.24, 2.45) is 5.10 Å². The molecule has 0 aliphatic carbocycles. The lowest BCUT2D eigenvalue weighted by atomic mass is 10.1. The number of hydrazone groups is 1. The average molecular weight is 581 g/mol. The Balaban J connectivity index is 1.67. The van der Waals surface area contributed by atoms with Crippen LogP contribution in [0.5, 0.6) is 11.5 Å². The number of esters is 1. The Morgan fingerprint density at radius 3 is 2.56 bits per heavy atom. The lowest BCUT2D eigenvalue weighted by Gasteiger charge is -2.11. The van der Waals surface area contributed by atoms with Crippen molar-refractivity contribution in [1.29, 1.82) is 0 Å². The third-order valence-electron chi connectivity index (χ3n) is 4.06. The molecule has 1 amide bonds. The first-order valence-corrected chi connectivity index (χ1v) is 11.3. The fourth-order valence-corrected chi connectivity index (χ4v) is 4.06. The zero-order valence-corrected chi connectivity index (χ0v) is 20.7. The van der Waals surface area contributed by atoms with Crippen LogP contribution in [0.3, 0.4) is 0 Å². The largest absolute Gasteiger partial charge is 0.484 e. The van der Waals surface area contributed by atoms with E-state index in [4.69, 9.17) is 21.1 Å². The van der Waals surface area contributed by atoms with Gasteiger partial charge in [-0.05, 0) is 71.4 Å². The normalized spacial score (nSPS) is 10.8. The van der Waals surface area contributed by atoms with Gasteiger partial charge in [-0.3, -0.25) is 4.79 Å². The number of carbonyl (C=O) groups is 2. The molecule has 0 aliphatic heterocycles. The smallest absolute Gasteiger partial charge is 0.343 e. The van der Waals surface area contributed by atoms with Gasteiger partial charge in [0.1, 0.15) is 5.75 Å². The van der Waals surface area contributed by atoms with Crippen LogP contribution >= 0.6 is 43.5 Å². The fourth-order valence-electron chi connectivity index (χ4n) is 2.59. The van der Waals surface area contributed by atoms with Crippen molar-refractivity contribution in [2.75, 3.05) is 6.61 Å². The van der Waals surface area contributed by atoms with E-state index in [9.17, 15) is 9.59 Å². The van der Waals surface area contributed by atoms with Crippen LogP contribution < -0.4 is 14.9 Å². The summed E-state index contributed by atoms with van der Waals surface area (Å²) in [4.78, 5) is 24.6. The van der Waals surface area contributed by atoms with Gasteiger partial charge in [0.2, 0.25) is 0 Å². The van der Waals surface area contributed by atoms with Crippen molar-refractivity contribution in [3.8, 4) is 11.5 Å². The number of nitrogens with zero attached hydrogens (tertiary/aromatic N) is 1. The molecule has 0 aliphatic rings. The van der Waals surface area contributed by atoms with Crippen LogP contribution in [0.1, 0.15) is 21.5 Å². The first-order valence-electron chi connectivity index (χ1n) is 9.30. The second-order valence-electron chi connectivity index (χ2n) is 6.60. The minimum absolute atomic E-state index is 0.226. The van der Waals surface area contributed by atoms with Crippen molar-refractivity contribution >= 4 is 61.6 Å². The molecule has 3 aromatic carbocycles. The van der Waals surface area contributed by atoms with Gasteiger partial charge in [-0.2, -0.15) is 5.10 Å². The molecule has 0 aromatic heterocycles. The number of amides is 1. The van der Waals surface area contributed by atoms with Crippen molar-refractivity contribution in [3.63, 3.8) is 0 Å². The molecular formula is C23H17Br2ClN2O4. The van der Waals surface area contributed by atoms with Gasteiger partial charge in [0.05, 0.1) is 16.3 Å². The molecule has 0 bridgehead atoms. The highest BCUT2D eigenvalue weighted by molar-refractivity contribution is 9.11. The molecule has 0 unspecified atom stereocenters. The van der Waals surface area contributed by atoms with Gasteiger partial charge in [-0.25, -0.2) is 10.2 Å². The van der Waals surface area contributed by atoms with Crippen molar-refractivity contribution < 1.29 is 19.1 Å². The molecule has 0 spiro atoms. The summed E-state index contributed by atoms with van der Waals surface area (Å²) in [5, 5.41) is 4.52. The van der Waals surface area contributed by atoms with Crippen LogP contribution in [-0.2, 0) is 4.79 Å². The number of hydrogen-bond acceptors (Lipinski definition) is 5. The maximum Gasteiger partial charge on any atom is 0.343 e. The van der Waals surface area contributed by atoms with Gasteiger partial charge in [0, 0.05) is 15.1 Å². The lowest BCUT2D eigenvalue weighted by molar-refractivity contribution is -0.123. The number of carbonyl (C=O) groups excluding carboxylic acids is 2. The van der Waals surface area contributed by atoms with Gasteiger partial charge in [0.15, 0.2) is 12.4 Å². The van der Waals surface area contributed by atoms with E-state index in [-0.39, 0.29) is 12.4 Å². The van der Waals surface area contributed by atoms with E-state index in [1.165, 1.54) is 6.21 Å². The van der Waals surface area contributed by atoms with Gasteiger partial charge in [-0.15, -0.1) is 0 Å². The van der Waals surface area contributed by atoms with Crippen molar-refractivity contribution in [2.45, 2.75) is 6.92 Å². The number of ether oxygens (including phenoxy) is 2. The van der Waals surface area contributed by atoms with Crippen LogP contribution in [0.15, 0.2) is 74.7 Å². The highest BCUT2D eigenvalue weighted by Crippen LogP contribution is 2.32. The molecule has 0 saturated carbocycles. The van der Waals surface area contributed by atoms with E-state index < -0.39 is 11.9 Å². The van der Waals surface area contributed by atoms with Crippen molar-refractivity contribution in [3.05, 3.63) is 91.3 Å². The third kappa shape index (κ3) is 6.91. The summed E-state index contributed by atoms with van der Waals surface area (Å²) in [7, 11) is 0. The second-order valence-corrected chi connectivity index (χ2v) is 8.81. The van der Waals surface area contributed by atoms with E-state index in [2.05, 4.69) is 42.4 Å². The molecule has 1 N–H and O–H groups in total. The molecule has 32 heavy (non-hydrogen) atoms. The number of aryl methyl sites for hydroxylation is 1. The first-order chi connectivity index (χ1) is 15.3. The predicted octanol–water partition coefficient (Wildman–Crippen LogP) is 5.92. The molecule has 0 fully saturated rings. The fraction of sp³-hybridized carbons (Fsp3) is 0.0870. The molecular weight excluding hydrogens is 564 g/mol. The van der Waals surface area contributed by atoms with Crippen LogP contribution in [-0.4, -0.2) is 24.7 Å². The molecule has 0 atom stereocenters. The van der Waals surface area contributed by atoms with Crippen LogP contribution in [0.25, 0.3) is 0 Å². The molecule has 3 aromatic rings. The summed E-state index contributed by atoms with van der Waals surface area (Å²) < 4.78 is 12.3. The lowest BCUT2D eigenvalue weighted by Crippen LogP contribution is -2.24. The molecule has 0 heterocycles. The molecule has 164 valence electrons. The van der Waals surface area contributed by atoms with Crippen molar-refractivity contribution in [1.82, 2.24) is 5.43 Å². The summed E-state index contributed by atoms with van der Waals surface area (Å²) in [6.45, 7) is 1.67. The van der Waals surface area contributed by atoms with Gasteiger partial charge < -0.3 is 9.47 Å². The maximum atomic E-state index is 12.6. The molecule has 9 heteroatoms. The van der Waals surface area contributed by atoms with Gasteiger partial charge >= 0.3 is 5.97 Å². The number of hydrogen-bond donors (Lipinski definition) is 1. The number of benzene rings is 3. The maximum absolute atomic E-state index is 12.6. The third-order valence-corrected chi connectivity index (χ3v) is 5.36. The molecule has 3 rings (SSSR count). The van der Waals surface area contributed by atoms with Crippen LogP contribution in [0, 0.1) is 6.92 Å². The predicted molar refractivity (Wildman–Crippen MR) is 131 cm³/mol. The standard InChI is InChI=1S/C23H17Br2ClN2O4/c1-14-3-2-4-15(9-14)23(30)32-22-16(10-17(24)11-20(22)25)12-27-28-21(29)13-31-19-7-5-18(26)6-8-19/h2-12H,13H2,1H3,(H,28,29). The first kappa shape index (κ1) is 24.0.